The molecule has 0 aliphatic heterocycles. The number of nitrogens with zero attached hydrogens (tertiary/aromatic N) is 2. The summed E-state index contributed by atoms with van der Waals surface area (Å²) in [5.74, 6) is 0. The minimum atomic E-state index is -0.166. The second-order valence-corrected chi connectivity index (χ2v) is 6.44. The standard InChI is InChI=1S/C14H11BrN4OS/c1-7-4-12(20)19-14(18-7)21-11-3-2-10(16)9-5-8(15)6-17-13(9)11/h2-6H,16H2,1H3,(H,18,19,20). The molecule has 0 radical (unpaired) electrons. The molecular formula is C14H11BrN4OS. The zero-order chi connectivity index (χ0) is 15.0. The molecule has 0 bridgehead atoms. The summed E-state index contributed by atoms with van der Waals surface area (Å²) >= 11 is 4.75. The van der Waals surface area contributed by atoms with Gasteiger partial charge in [-0.05, 0) is 52.8 Å². The van der Waals surface area contributed by atoms with E-state index in [1.165, 1.54) is 17.8 Å². The Morgan fingerprint density at radius 1 is 1.33 bits per heavy atom. The van der Waals surface area contributed by atoms with E-state index in [2.05, 4.69) is 30.9 Å². The maximum atomic E-state index is 11.5. The lowest BCUT2D eigenvalue weighted by Crippen LogP contribution is -2.07. The monoisotopic (exact) mass is 362 g/mol. The van der Waals surface area contributed by atoms with Gasteiger partial charge in [-0.15, -0.1) is 0 Å². The number of hydrogen-bond donors (Lipinski definition) is 2. The minimum absolute atomic E-state index is 0.166. The van der Waals surface area contributed by atoms with Gasteiger partial charge in [0.1, 0.15) is 0 Å². The molecular weight excluding hydrogens is 352 g/mol. The van der Waals surface area contributed by atoms with E-state index in [1.54, 1.807) is 13.1 Å². The van der Waals surface area contributed by atoms with E-state index < -0.39 is 0 Å². The molecule has 3 aromatic rings. The van der Waals surface area contributed by atoms with Crippen molar-refractivity contribution in [1.82, 2.24) is 15.0 Å². The van der Waals surface area contributed by atoms with Gasteiger partial charge in [0.2, 0.25) is 0 Å². The van der Waals surface area contributed by atoms with Crippen LogP contribution >= 0.6 is 27.7 Å². The topological polar surface area (TPSA) is 84.7 Å². The highest BCUT2D eigenvalue weighted by atomic mass is 79.9. The van der Waals surface area contributed by atoms with Crippen molar-refractivity contribution >= 4 is 44.3 Å². The van der Waals surface area contributed by atoms with Crippen molar-refractivity contribution in [3.05, 3.63) is 51.0 Å². The number of H-pyrrole nitrogens is 1. The Morgan fingerprint density at radius 3 is 2.90 bits per heavy atom. The highest BCUT2D eigenvalue weighted by Gasteiger charge is 2.09. The number of hydrogen-bond acceptors (Lipinski definition) is 5. The van der Waals surface area contributed by atoms with E-state index in [1.807, 2.05) is 18.2 Å². The molecule has 0 fully saturated rings. The zero-order valence-electron chi connectivity index (χ0n) is 11.1. The number of aromatic nitrogens is 3. The predicted octanol–water partition coefficient (Wildman–Crippen LogP) is 3.12. The number of nitrogen functional groups attached to an aromatic ring is 1. The first kappa shape index (κ1) is 14.1. The van der Waals surface area contributed by atoms with Crippen molar-refractivity contribution in [2.24, 2.45) is 0 Å². The van der Waals surface area contributed by atoms with Gasteiger partial charge in [0, 0.05) is 38.4 Å². The third kappa shape index (κ3) is 2.93. The Morgan fingerprint density at radius 2 is 2.14 bits per heavy atom. The van der Waals surface area contributed by atoms with Crippen LogP contribution in [-0.4, -0.2) is 15.0 Å². The van der Waals surface area contributed by atoms with Gasteiger partial charge in [-0.25, -0.2) is 4.98 Å². The molecule has 0 aliphatic carbocycles. The van der Waals surface area contributed by atoms with Crippen molar-refractivity contribution in [3.63, 3.8) is 0 Å². The normalized spacial score (nSPS) is 11.0. The van der Waals surface area contributed by atoms with E-state index in [0.29, 0.717) is 16.5 Å². The number of aromatic amines is 1. The van der Waals surface area contributed by atoms with Crippen LogP contribution in [0.5, 0.6) is 0 Å². The second-order valence-electron chi connectivity index (χ2n) is 4.50. The van der Waals surface area contributed by atoms with Gasteiger partial charge in [0.05, 0.1) is 5.52 Å². The number of rotatable bonds is 2. The van der Waals surface area contributed by atoms with Gasteiger partial charge in [0.25, 0.3) is 5.56 Å². The first-order valence-electron chi connectivity index (χ1n) is 6.12. The lowest BCUT2D eigenvalue weighted by Gasteiger charge is -2.08. The smallest absolute Gasteiger partial charge is 0.251 e. The molecule has 0 saturated heterocycles. The number of aryl methyl sites for hydroxylation is 1. The predicted molar refractivity (Wildman–Crippen MR) is 87.6 cm³/mol. The number of halogens is 1. The SMILES string of the molecule is Cc1cc(=O)[nH]c(Sc2ccc(N)c3cc(Br)cnc23)n1. The lowest BCUT2D eigenvalue weighted by molar-refractivity contribution is 0.906. The van der Waals surface area contributed by atoms with Crippen LogP contribution in [-0.2, 0) is 0 Å². The Hall–Kier alpha value is -1.86. The fraction of sp³-hybridized carbons (Fsp3) is 0.0714. The van der Waals surface area contributed by atoms with Crippen molar-refractivity contribution < 1.29 is 0 Å². The molecule has 7 heteroatoms. The van der Waals surface area contributed by atoms with Crippen molar-refractivity contribution in [1.29, 1.82) is 0 Å². The number of nitrogens with one attached hydrogen (secondary N) is 1. The summed E-state index contributed by atoms with van der Waals surface area (Å²) in [6.45, 7) is 1.79. The second kappa shape index (κ2) is 5.50. The summed E-state index contributed by atoms with van der Waals surface area (Å²) in [5, 5.41) is 1.40. The van der Waals surface area contributed by atoms with Gasteiger partial charge in [-0.3, -0.25) is 9.78 Å². The zero-order valence-corrected chi connectivity index (χ0v) is 13.5. The first-order valence-corrected chi connectivity index (χ1v) is 7.73. The number of nitrogens with two attached hydrogens (primary N) is 1. The van der Waals surface area contributed by atoms with Crippen molar-refractivity contribution in [3.8, 4) is 0 Å². The molecule has 2 aromatic heterocycles. The van der Waals surface area contributed by atoms with Crippen LogP contribution in [0.15, 0.2) is 49.8 Å². The van der Waals surface area contributed by atoms with Crippen LogP contribution in [0.1, 0.15) is 5.69 Å². The molecule has 2 heterocycles. The van der Waals surface area contributed by atoms with Crippen LogP contribution < -0.4 is 11.3 Å². The van der Waals surface area contributed by atoms with E-state index in [0.717, 1.165) is 20.3 Å². The van der Waals surface area contributed by atoms with E-state index in [-0.39, 0.29) is 5.56 Å². The van der Waals surface area contributed by atoms with Crippen LogP contribution in [0.25, 0.3) is 10.9 Å². The third-order valence-electron chi connectivity index (χ3n) is 2.87. The number of fused-ring (bicyclic) bond motifs is 1. The molecule has 0 atom stereocenters. The minimum Gasteiger partial charge on any atom is -0.398 e. The van der Waals surface area contributed by atoms with E-state index >= 15 is 0 Å². The van der Waals surface area contributed by atoms with Crippen LogP contribution in [0.2, 0.25) is 0 Å². The Balaban J connectivity index is 2.13. The van der Waals surface area contributed by atoms with Crippen LogP contribution in [0.3, 0.4) is 0 Å². The maximum absolute atomic E-state index is 11.5. The van der Waals surface area contributed by atoms with Crippen molar-refractivity contribution in [2.45, 2.75) is 17.0 Å². The summed E-state index contributed by atoms with van der Waals surface area (Å²) in [6.07, 6.45) is 1.72. The van der Waals surface area contributed by atoms with Gasteiger partial charge >= 0.3 is 0 Å². The largest absolute Gasteiger partial charge is 0.398 e. The fourth-order valence-corrected chi connectivity index (χ4v) is 3.25. The van der Waals surface area contributed by atoms with Crippen LogP contribution in [0, 0.1) is 6.92 Å². The number of benzene rings is 1. The summed E-state index contributed by atoms with van der Waals surface area (Å²) in [5.41, 5.74) is 7.95. The van der Waals surface area contributed by atoms with Crippen molar-refractivity contribution in [2.75, 3.05) is 5.73 Å². The molecule has 5 nitrogen and oxygen atoms in total. The summed E-state index contributed by atoms with van der Waals surface area (Å²) < 4.78 is 0.867. The maximum Gasteiger partial charge on any atom is 0.251 e. The van der Waals surface area contributed by atoms with Gasteiger partial charge in [-0.2, -0.15) is 0 Å². The van der Waals surface area contributed by atoms with Gasteiger partial charge < -0.3 is 10.7 Å². The number of pyridine rings is 1. The molecule has 106 valence electrons. The molecule has 0 saturated carbocycles. The molecule has 21 heavy (non-hydrogen) atoms. The third-order valence-corrected chi connectivity index (χ3v) is 4.24. The average Bonchev–Trinajstić information content (AvgIpc) is 2.41. The molecule has 0 amide bonds. The Kier molecular flexibility index (Phi) is 3.69. The fourth-order valence-electron chi connectivity index (χ4n) is 1.98. The molecule has 0 unspecified atom stereocenters. The van der Waals surface area contributed by atoms with Gasteiger partial charge in [0.15, 0.2) is 5.16 Å². The lowest BCUT2D eigenvalue weighted by atomic mass is 10.2. The van der Waals surface area contributed by atoms with E-state index in [4.69, 9.17) is 5.73 Å². The quantitative estimate of drug-likeness (QED) is 0.540. The highest BCUT2D eigenvalue weighted by Crippen LogP contribution is 2.33. The summed E-state index contributed by atoms with van der Waals surface area (Å²) in [6, 6.07) is 7.09. The van der Waals surface area contributed by atoms with Gasteiger partial charge in [-0.1, -0.05) is 0 Å². The van der Waals surface area contributed by atoms with Crippen LogP contribution in [0.4, 0.5) is 5.69 Å². The highest BCUT2D eigenvalue weighted by molar-refractivity contribution is 9.10. The molecule has 0 aliphatic rings. The Bertz CT molecular complexity index is 894. The molecule has 1 aromatic carbocycles. The molecule has 3 N–H and O–H groups in total. The number of anilines is 1. The average molecular weight is 363 g/mol. The van der Waals surface area contributed by atoms with E-state index in [9.17, 15) is 4.79 Å². The first-order chi connectivity index (χ1) is 10.0. The molecule has 0 spiro atoms. The summed E-state index contributed by atoms with van der Waals surface area (Å²) in [4.78, 5) is 23.8. The Labute approximate surface area is 133 Å². The summed E-state index contributed by atoms with van der Waals surface area (Å²) in [7, 11) is 0. The molecule has 3 rings (SSSR count).